The predicted molar refractivity (Wildman–Crippen MR) is 85.0 cm³/mol. The number of hydrogen-bond acceptors (Lipinski definition) is 6. The predicted octanol–water partition coefficient (Wildman–Crippen LogP) is -2.55. The number of carboxylic acid groups (broad SMARTS) is 1. The van der Waals surface area contributed by atoms with Gasteiger partial charge in [-0.05, 0) is 26.0 Å². The summed E-state index contributed by atoms with van der Waals surface area (Å²) in [4.78, 5) is 35.5. The molecule has 0 spiro atoms. The van der Waals surface area contributed by atoms with E-state index < -0.39 is 22.3 Å². The number of aliphatic carboxylic acids is 1. The summed E-state index contributed by atoms with van der Waals surface area (Å²) in [6.45, 7) is 4.60. The van der Waals surface area contributed by atoms with Crippen molar-refractivity contribution in [1.82, 2.24) is 10.2 Å². The standard InChI is InChI=1S/C10H14N2O4S.C6H4O.K/c1-5(13)11-10(8(15)16)9(2,3)17-7-4-6(14)12(7)10;1-2-4-6-5(3-1)7-6;/h7H,4H2,1-3H3,(H,11,13)(H,15,16);1-4H;/q;;+1/p-1/t7-,10?;;/m1../s1. The van der Waals surface area contributed by atoms with E-state index in [0.717, 1.165) is 11.5 Å². The van der Waals surface area contributed by atoms with E-state index in [1.54, 1.807) is 13.8 Å². The molecule has 7 nitrogen and oxygen atoms in total. The number of thioether (sulfide) groups is 1. The summed E-state index contributed by atoms with van der Waals surface area (Å²) in [6, 6.07) is 7.84. The molecule has 2 amide bonds. The van der Waals surface area contributed by atoms with Crippen LogP contribution in [0.25, 0.3) is 0 Å². The van der Waals surface area contributed by atoms with Crippen LogP contribution in [0.5, 0.6) is 11.5 Å². The number of carboxylic acids is 1. The van der Waals surface area contributed by atoms with Crippen LogP contribution < -0.4 is 66.5 Å². The Hall–Kier alpha value is -0.584. The molecular formula is C16H17KN2O5S. The Morgan fingerprint density at radius 3 is 2.28 bits per heavy atom. The first-order valence-electron chi connectivity index (χ1n) is 7.46. The van der Waals surface area contributed by atoms with Gasteiger partial charge in [0, 0.05) is 6.92 Å². The van der Waals surface area contributed by atoms with Crippen molar-refractivity contribution in [1.29, 1.82) is 0 Å². The van der Waals surface area contributed by atoms with Gasteiger partial charge in [0.25, 0.3) is 0 Å². The molecule has 2 atom stereocenters. The molecule has 0 bridgehead atoms. The molecule has 4 rings (SSSR count). The third kappa shape index (κ3) is 3.50. The SMILES string of the molecule is CC(=O)NC1(C(=O)[O-])N2C(=O)C[C@H]2SC1(C)C.[K+].c1ccc2c(c1)O2. The van der Waals surface area contributed by atoms with Gasteiger partial charge >= 0.3 is 51.4 Å². The van der Waals surface area contributed by atoms with Gasteiger partial charge in [-0.3, -0.25) is 9.59 Å². The Labute approximate surface area is 192 Å². The molecule has 3 heterocycles. The normalized spacial score (nSPS) is 26.4. The summed E-state index contributed by atoms with van der Waals surface area (Å²) in [6.07, 6.45) is 0.308. The Morgan fingerprint density at radius 2 is 1.88 bits per heavy atom. The number of ether oxygens (including phenoxy) is 1. The van der Waals surface area contributed by atoms with E-state index >= 15 is 0 Å². The molecule has 1 unspecified atom stereocenters. The molecule has 1 aromatic carbocycles. The van der Waals surface area contributed by atoms with Crippen molar-refractivity contribution in [2.45, 2.75) is 43.0 Å². The van der Waals surface area contributed by atoms with E-state index in [9.17, 15) is 19.5 Å². The van der Waals surface area contributed by atoms with E-state index in [4.69, 9.17) is 4.74 Å². The van der Waals surface area contributed by atoms with E-state index in [1.807, 2.05) is 24.3 Å². The fourth-order valence-electron chi connectivity index (χ4n) is 3.07. The van der Waals surface area contributed by atoms with Crippen LogP contribution in [0.4, 0.5) is 0 Å². The minimum Gasteiger partial charge on any atom is -0.545 e. The molecule has 0 aromatic heterocycles. The number of rotatable bonds is 2. The maximum atomic E-state index is 11.6. The zero-order valence-corrected chi connectivity index (χ0v) is 18.4. The van der Waals surface area contributed by atoms with Gasteiger partial charge in [0.15, 0.2) is 17.2 Å². The molecule has 128 valence electrons. The van der Waals surface area contributed by atoms with Crippen molar-refractivity contribution in [2.24, 2.45) is 0 Å². The molecule has 2 saturated heterocycles. The number of amides is 2. The van der Waals surface area contributed by atoms with E-state index in [2.05, 4.69) is 5.32 Å². The van der Waals surface area contributed by atoms with Crippen molar-refractivity contribution in [3.05, 3.63) is 24.3 Å². The number of benzene rings is 1. The number of carbonyl (C=O) groups is 3. The first-order valence-corrected chi connectivity index (χ1v) is 8.34. The van der Waals surface area contributed by atoms with Gasteiger partial charge in [-0.2, -0.15) is 0 Å². The molecule has 1 N–H and O–H groups in total. The quantitative estimate of drug-likeness (QED) is 0.345. The second-order valence-electron chi connectivity index (χ2n) is 6.28. The molecule has 3 aliphatic heterocycles. The van der Waals surface area contributed by atoms with E-state index in [0.29, 0.717) is 6.42 Å². The summed E-state index contributed by atoms with van der Waals surface area (Å²) in [5.41, 5.74) is -1.75. The van der Waals surface area contributed by atoms with E-state index in [1.165, 1.54) is 23.6 Å². The second kappa shape index (κ2) is 7.20. The van der Waals surface area contributed by atoms with Gasteiger partial charge in [0.2, 0.25) is 11.8 Å². The molecule has 1 aromatic rings. The van der Waals surface area contributed by atoms with Crippen molar-refractivity contribution >= 4 is 29.5 Å². The largest absolute Gasteiger partial charge is 1.00 e. The second-order valence-corrected chi connectivity index (χ2v) is 8.08. The molecular weight excluding hydrogens is 371 g/mol. The average Bonchev–Trinajstić information content (AvgIpc) is 3.21. The number of fused-ring (bicyclic) bond motifs is 2. The van der Waals surface area contributed by atoms with Gasteiger partial charge in [-0.1, -0.05) is 12.1 Å². The third-order valence-corrected chi connectivity index (χ3v) is 5.78. The number of para-hydroxylation sites is 2. The Morgan fingerprint density at radius 1 is 1.32 bits per heavy atom. The van der Waals surface area contributed by atoms with Crippen molar-refractivity contribution in [3.8, 4) is 11.5 Å². The summed E-state index contributed by atoms with van der Waals surface area (Å²) < 4.78 is 4.11. The molecule has 2 fully saturated rings. The maximum Gasteiger partial charge on any atom is 1.00 e. The summed E-state index contributed by atoms with van der Waals surface area (Å²) >= 11 is 1.37. The van der Waals surface area contributed by atoms with Crippen LogP contribution in [0.2, 0.25) is 0 Å². The van der Waals surface area contributed by atoms with Gasteiger partial charge in [-0.15, -0.1) is 11.8 Å². The summed E-state index contributed by atoms with van der Waals surface area (Å²) in [5, 5.41) is 13.7. The molecule has 25 heavy (non-hydrogen) atoms. The molecule has 3 aliphatic rings. The first kappa shape index (κ1) is 20.7. The Kier molecular flexibility index (Phi) is 5.97. The third-order valence-electron chi connectivity index (χ3n) is 4.25. The topological polar surface area (TPSA) is 102 Å². The molecule has 0 radical (unpaired) electrons. The average molecular weight is 388 g/mol. The minimum absolute atomic E-state index is 0. The Bertz CT molecular complexity index is 720. The first-order chi connectivity index (χ1) is 11.2. The van der Waals surface area contributed by atoms with Crippen molar-refractivity contribution < 1.29 is 75.6 Å². The number of β-lactam (4-membered cyclic amide) rings is 1. The van der Waals surface area contributed by atoms with Crippen LogP contribution in [0.3, 0.4) is 0 Å². The molecule has 0 aliphatic carbocycles. The van der Waals surface area contributed by atoms with Crippen LogP contribution in [0.1, 0.15) is 27.2 Å². The smallest absolute Gasteiger partial charge is 0.545 e. The number of hydrogen-bond donors (Lipinski definition) is 1. The zero-order valence-electron chi connectivity index (χ0n) is 14.5. The van der Waals surface area contributed by atoms with Crippen LogP contribution in [0, 0.1) is 0 Å². The van der Waals surface area contributed by atoms with Crippen LogP contribution >= 0.6 is 11.8 Å². The number of carbonyl (C=O) groups excluding carboxylic acids is 3. The van der Waals surface area contributed by atoms with Crippen LogP contribution in [0.15, 0.2) is 24.3 Å². The van der Waals surface area contributed by atoms with Crippen LogP contribution in [-0.4, -0.2) is 38.5 Å². The van der Waals surface area contributed by atoms with Crippen LogP contribution in [-0.2, 0) is 14.4 Å². The fraction of sp³-hybridized carbons (Fsp3) is 0.438. The monoisotopic (exact) mass is 388 g/mol. The summed E-state index contributed by atoms with van der Waals surface area (Å²) in [5.74, 6) is -0.153. The summed E-state index contributed by atoms with van der Waals surface area (Å²) in [7, 11) is 0. The molecule has 0 saturated carbocycles. The fourth-order valence-corrected chi connectivity index (χ4v) is 4.76. The van der Waals surface area contributed by atoms with Gasteiger partial charge in [0.05, 0.1) is 22.5 Å². The van der Waals surface area contributed by atoms with Gasteiger partial charge < -0.3 is 24.9 Å². The van der Waals surface area contributed by atoms with Gasteiger partial charge in [0.1, 0.15) is 0 Å². The molecule has 9 heteroatoms. The van der Waals surface area contributed by atoms with Crippen molar-refractivity contribution in [3.63, 3.8) is 0 Å². The minimum atomic E-state index is -1.75. The Balaban J connectivity index is 0.000000234. The van der Waals surface area contributed by atoms with E-state index in [-0.39, 0.29) is 62.7 Å². The number of nitrogens with one attached hydrogen (secondary N) is 1. The van der Waals surface area contributed by atoms with Crippen molar-refractivity contribution in [2.75, 3.05) is 0 Å². The zero-order chi connectivity index (χ0) is 17.7. The number of nitrogens with zero attached hydrogens (tertiary/aromatic N) is 1. The van der Waals surface area contributed by atoms with Gasteiger partial charge in [-0.25, -0.2) is 0 Å². The maximum absolute atomic E-state index is 11.6.